The number of carboxylic acid groups (broad SMARTS) is 1. The number of aryl methyl sites for hydroxylation is 1. The molecule has 46 heavy (non-hydrogen) atoms. The number of likely N-dealkylation sites (tertiary alicyclic amines) is 1. The molecule has 2 aromatic rings. The molecule has 1 fully saturated rings. The molecule has 0 aromatic heterocycles. The number of nitrogens with one attached hydrogen (secondary N) is 3. The third-order valence-corrected chi connectivity index (χ3v) is 9.84. The summed E-state index contributed by atoms with van der Waals surface area (Å²) in [6, 6.07) is 6.26. The molecule has 3 rings (SSSR count). The number of ether oxygens (including phenoxy) is 1. The lowest BCUT2D eigenvalue weighted by Gasteiger charge is -2.31. The van der Waals surface area contributed by atoms with Crippen LogP contribution in [0.2, 0.25) is 0 Å². The molecule has 3 amide bonds. The van der Waals surface area contributed by atoms with Crippen LogP contribution in [0.1, 0.15) is 60.4 Å². The number of nitrogens with zero attached hydrogens (tertiary/aromatic N) is 1. The molecule has 4 N–H and O–H groups in total. The molecule has 0 saturated carbocycles. The van der Waals surface area contributed by atoms with Crippen molar-refractivity contribution in [1.82, 2.24) is 20.3 Å². The Hall–Kier alpha value is -4.23. The molecule has 1 aliphatic rings. The molecule has 1 aliphatic heterocycles. The van der Waals surface area contributed by atoms with E-state index in [0.29, 0.717) is 35.5 Å². The zero-order valence-electron chi connectivity index (χ0n) is 27.1. The van der Waals surface area contributed by atoms with E-state index in [0.717, 1.165) is 36.0 Å². The van der Waals surface area contributed by atoms with E-state index in [1.165, 1.54) is 7.11 Å². The van der Waals surface area contributed by atoms with Crippen molar-refractivity contribution in [2.45, 2.75) is 76.8 Å². The normalized spacial score (nSPS) is 14.6. The fourth-order valence-electron chi connectivity index (χ4n) is 5.48. The number of rotatable bonds is 14. The first-order chi connectivity index (χ1) is 21.6. The van der Waals surface area contributed by atoms with Crippen LogP contribution in [0.15, 0.2) is 41.8 Å². The van der Waals surface area contributed by atoms with Crippen molar-refractivity contribution in [3.63, 3.8) is 0 Å². The van der Waals surface area contributed by atoms with E-state index in [2.05, 4.69) is 21.9 Å². The third-order valence-electron chi connectivity index (χ3n) is 8.08. The molecule has 0 spiro atoms. The Kier molecular flexibility index (Phi) is 12.5. The van der Waals surface area contributed by atoms with E-state index in [1.807, 2.05) is 31.2 Å². The Morgan fingerprint density at radius 2 is 1.63 bits per heavy atom. The number of aliphatic carboxylic acids is 1. The summed E-state index contributed by atoms with van der Waals surface area (Å²) >= 11 is 0. The zero-order valence-corrected chi connectivity index (χ0v) is 27.9. The van der Waals surface area contributed by atoms with E-state index in [-0.39, 0.29) is 17.2 Å². The molecule has 0 radical (unpaired) electrons. The van der Waals surface area contributed by atoms with Crippen LogP contribution in [-0.2, 0) is 35.6 Å². The number of hydrogen-bond donors (Lipinski definition) is 4. The lowest BCUT2D eigenvalue weighted by Crippen LogP contribution is -2.56. The maximum atomic E-state index is 13.9. The highest BCUT2D eigenvalue weighted by molar-refractivity contribution is 7.89. The predicted octanol–water partition coefficient (Wildman–Crippen LogP) is 2.63. The molecule has 250 valence electrons. The molecule has 1 heterocycles. The summed E-state index contributed by atoms with van der Waals surface area (Å²) in [5.74, 6) is -2.89. The summed E-state index contributed by atoms with van der Waals surface area (Å²) in [6.07, 6.45) is 2.06. The number of carboxylic acids is 1. The summed E-state index contributed by atoms with van der Waals surface area (Å²) in [6.45, 7) is 11.1. The first-order valence-electron chi connectivity index (χ1n) is 15.1. The van der Waals surface area contributed by atoms with E-state index < -0.39 is 52.9 Å². The van der Waals surface area contributed by atoms with Crippen molar-refractivity contribution >= 4 is 39.3 Å². The first kappa shape index (κ1) is 36.2. The van der Waals surface area contributed by atoms with Gasteiger partial charge in [-0.1, -0.05) is 36.4 Å². The number of methoxy groups -OCH3 is 1. The molecule has 0 bridgehead atoms. The van der Waals surface area contributed by atoms with E-state index in [4.69, 9.17) is 9.84 Å². The van der Waals surface area contributed by atoms with Crippen molar-refractivity contribution in [3.8, 4) is 5.75 Å². The smallest absolute Gasteiger partial charge is 0.322 e. The summed E-state index contributed by atoms with van der Waals surface area (Å²) in [4.78, 5) is 52.9. The van der Waals surface area contributed by atoms with Gasteiger partial charge in [-0.2, -0.15) is 4.72 Å². The topological polar surface area (TPSA) is 171 Å². The zero-order chi connectivity index (χ0) is 34.2. The van der Waals surface area contributed by atoms with Crippen molar-refractivity contribution in [1.29, 1.82) is 0 Å². The third kappa shape index (κ3) is 9.39. The van der Waals surface area contributed by atoms with Crippen molar-refractivity contribution < 1.29 is 37.4 Å². The Balaban J connectivity index is 1.97. The highest BCUT2D eigenvalue weighted by Gasteiger charge is 2.34. The Morgan fingerprint density at radius 1 is 1.00 bits per heavy atom. The summed E-state index contributed by atoms with van der Waals surface area (Å²) < 4.78 is 35.3. The first-order valence-corrected chi connectivity index (χ1v) is 16.6. The van der Waals surface area contributed by atoms with Crippen molar-refractivity contribution in [2.24, 2.45) is 0 Å². The number of sulfonamides is 1. The molecular weight excluding hydrogens is 612 g/mol. The van der Waals surface area contributed by atoms with E-state index >= 15 is 0 Å². The van der Waals surface area contributed by atoms with E-state index in [1.54, 1.807) is 31.7 Å². The van der Waals surface area contributed by atoms with Gasteiger partial charge in [-0.15, -0.1) is 0 Å². The van der Waals surface area contributed by atoms with Gasteiger partial charge in [0.2, 0.25) is 27.7 Å². The van der Waals surface area contributed by atoms with Gasteiger partial charge in [-0.25, -0.2) is 8.42 Å². The minimum atomic E-state index is -4.40. The number of hydrogen-bond acceptors (Lipinski definition) is 7. The van der Waals surface area contributed by atoms with Crippen LogP contribution in [0, 0.1) is 20.8 Å². The van der Waals surface area contributed by atoms with Gasteiger partial charge < -0.3 is 25.4 Å². The molecule has 1 saturated heterocycles. The van der Waals surface area contributed by atoms with Crippen LogP contribution in [0.3, 0.4) is 0 Å². The van der Waals surface area contributed by atoms with Crippen molar-refractivity contribution in [3.05, 3.63) is 64.7 Å². The number of amides is 3. The van der Waals surface area contributed by atoms with Gasteiger partial charge in [-0.3, -0.25) is 19.2 Å². The lowest BCUT2D eigenvalue weighted by atomic mass is 10.00. The maximum absolute atomic E-state index is 13.9. The van der Waals surface area contributed by atoms with Gasteiger partial charge in [0.15, 0.2) is 0 Å². The standard InChI is InChI=1S/C33H44N4O8S/c1-20(2)25-12-10-24(11-13-25)17-27(33(42)37-14-8-7-9-15-37)35-32(41)26(18-29(38)34-19-30(39)40)36-46(43,44)31-21(3)16-28(45-6)22(4)23(31)5/h10-13,16,26-27,36H,1,7-9,14-15,17-19H2,2-6H3,(H,34,38)(H,35,41)(H,39,40). The Bertz CT molecular complexity index is 1580. The molecule has 2 unspecified atom stereocenters. The van der Waals surface area contributed by atoms with Crippen molar-refractivity contribution in [2.75, 3.05) is 26.7 Å². The minimum absolute atomic E-state index is 0.0758. The second-order valence-corrected chi connectivity index (χ2v) is 13.3. The highest BCUT2D eigenvalue weighted by atomic mass is 32.2. The summed E-state index contributed by atoms with van der Waals surface area (Å²) in [7, 11) is -2.93. The van der Waals surface area contributed by atoms with Crippen LogP contribution < -0.4 is 20.1 Å². The number of benzene rings is 2. The van der Waals surface area contributed by atoms with Gasteiger partial charge in [0, 0.05) is 19.5 Å². The van der Waals surface area contributed by atoms with Crippen LogP contribution >= 0.6 is 0 Å². The summed E-state index contributed by atoms with van der Waals surface area (Å²) in [5, 5.41) is 13.9. The largest absolute Gasteiger partial charge is 0.496 e. The SMILES string of the molecule is C=C(C)c1ccc(CC(NC(=O)C(CC(=O)NCC(=O)O)NS(=O)(=O)c2c(C)cc(OC)c(C)c2C)C(=O)N2CCCCC2)cc1. The van der Waals surface area contributed by atoms with Gasteiger partial charge in [0.05, 0.1) is 18.4 Å². The quantitative estimate of drug-likeness (QED) is 0.240. The number of allylic oxidation sites excluding steroid dienone is 1. The fraction of sp³-hybridized carbons (Fsp3) is 0.455. The molecule has 2 aromatic carbocycles. The summed E-state index contributed by atoms with van der Waals surface area (Å²) in [5.41, 5.74) is 3.89. The van der Waals surface area contributed by atoms with Gasteiger partial charge in [-0.05, 0) is 80.8 Å². The predicted molar refractivity (Wildman–Crippen MR) is 174 cm³/mol. The van der Waals surface area contributed by atoms with Gasteiger partial charge in [0.25, 0.3) is 0 Å². The molecular formula is C33H44N4O8S. The van der Waals surface area contributed by atoms with Gasteiger partial charge >= 0.3 is 5.97 Å². The van der Waals surface area contributed by atoms with Crippen LogP contribution in [0.4, 0.5) is 0 Å². The average molecular weight is 657 g/mol. The maximum Gasteiger partial charge on any atom is 0.322 e. The van der Waals surface area contributed by atoms with Crippen LogP contribution in [0.5, 0.6) is 5.75 Å². The number of piperidine rings is 1. The van der Waals surface area contributed by atoms with Gasteiger partial charge in [0.1, 0.15) is 24.4 Å². The average Bonchev–Trinajstić information content (AvgIpc) is 3.01. The van der Waals surface area contributed by atoms with Crippen LogP contribution in [-0.4, -0.2) is 80.9 Å². The Labute approximate surface area is 270 Å². The molecule has 12 nitrogen and oxygen atoms in total. The Morgan fingerprint density at radius 3 is 2.20 bits per heavy atom. The molecule has 13 heteroatoms. The minimum Gasteiger partial charge on any atom is -0.496 e. The number of carbonyl (C=O) groups excluding carboxylic acids is 3. The lowest BCUT2D eigenvalue weighted by molar-refractivity contribution is -0.139. The van der Waals surface area contributed by atoms with E-state index in [9.17, 15) is 27.6 Å². The fourth-order valence-corrected chi connectivity index (χ4v) is 7.20. The van der Waals surface area contributed by atoms with Crippen LogP contribution in [0.25, 0.3) is 5.57 Å². The second kappa shape index (κ2) is 15.9. The number of carbonyl (C=O) groups is 4. The highest BCUT2D eigenvalue weighted by Crippen LogP contribution is 2.30. The molecule has 2 atom stereocenters. The second-order valence-electron chi connectivity index (χ2n) is 11.7. The molecule has 0 aliphatic carbocycles. The monoisotopic (exact) mass is 656 g/mol.